The molecule has 0 spiro atoms. The quantitative estimate of drug-likeness (QED) is 0.786. The summed E-state index contributed by atoms with van der Waals surface area (Å²) in [7, 11) is -3.25. The summed E-state index contributed by atoms with van der Waals surface area (Å²) in [6.45, 7) is 3.99. The first kappa shape index (κ1) is 15.8. The van der Waals surface area contributed by atoms with Crippen molar-refractivity contribution in [2.75, 3.05) is 11.6 Å². The van der Waals surface area contributed by atoms with Gasteiger partial charge in [-0.05, 0) is 25.2 Å². The molecule has 106 valence electrons. The molecule has 18 heavy (non-hydrogen) atoms. The maximum absolute atomic E-state index is 12.1. The van der Waals surface area contributed by atoms with Gasteiger partial charge < -0.3 is 5.32 Å². The Morgan fingerprint density at radius 1 is 1.39 bits per heavy atom. The Balaban J connectivity index is 2.68. The standard InChI is InChI=1S/C12H22ClNO3S/c1-9(2)10(6-7-13)14-12(15)11-5-3-4-8-18(11,16)17/h9-11H,3-8H2,1-2H3,(H,14,15). The van der Waals surface area contributed by atoms with E-state index in [0.29, 0.717) is 25.1 Å². The molecule has 0 aromatic heterocycles. The molecule has 6 heteroatoms. The summed E-state index contributed by atoms with van der Waals surface area (Å²) in [6.07, 6.45) is 2.58. The van der Waals surface area contributed by atoms with Gasteiger partial charge >= 0.3 is 0 Å². The first-order chi connectivity index (χ1) is 8.38. The van der Waals surface area contributed by atoms with Crippen molar-refractivity contribution >= 4 is 27.3 Å². The Kier molecular flexibility index (Phi) is 5.92. The fourth-order valence-corrected chi connectivity index (χ4v) is 4.26. The van der Waals surface area contributed by atoms with Gasteiger partial charge in [0.2, 0.25) is 5.91 Å². The maximum atomic E-state index is 12.1. The van der Waals surface area contributed by atoms with Crippen LogP contribution in [0.5, 0.6) is 0 Å². The van der Waals surface area contributed by atoms with E-state index in [9.17, 15) is 13.2 Å². The molecule has 1 saturated heterocycles. The van der Waals surface area contributed by atoms with Crippen molar-refractivity contribution in [2.45, 2.75) is 50.8 Å². The Labute approximate surface area is 114 Å². The molecule has 0 radical (unpaired) electrons. The zero-order valence-electron chi connectivity index (χ0n) is 11.0. The average molecular weight is 296 g/mol. The molecule has 4 nitrogen and oxygen atoms in total. The first-order valence-corrected chi connectivity index (χ1v) is 8.71. The van der Waals surface area contributed by atoms with Crippen molar-refractivity contribution in [1.29, 1.82) is 0 Å². The minimum absolute atomic E-state index is 0.0490. The lowest BCUT2D eigenvalue weighted by molar-refractivity contribution is -0.121. The third-order valence-corrected chi connectivity index (χ3v) is 5.82. The average Bonchev–Trinajstić information content (AvgIpc) is 2.27. The smallest absolute Gasteiger partial charge is 0.238 e. The lowest BCUT2D eigenvalue weighted by atomic mass is 10.0. The van der Waals surface area contributed by atoms with Crippen LogP contribution in [-0.2, 0) is 14.6 Å². The van der Waals surface area contributed by atoms with Gasteiger partial charge in [-0.2, -0.15) is 0 Å². The molecule has 1 aliphatic rings. The summed E-state index contributed by atoms with van der Waals surface area (Å²) in [6, 6.07) is -0.0490. The molecule has 1 rings (SSSR count). The van der Waals surface area contributed by atoms with E-state index in [0.717, 1.165) is 6.42 Å². The van der Waals surface area contributed by atoms with E-state index in [2.05, 4.69) is 5.32 Å². The lowest BCUT2D eigenvalue weighted by Gasteiger charge is -2.26. The minimum atomic E-state index is -3.25. The first-order valence-electron chi connectivity index (χ1n) is 6.46. The normalized spacial score (nSPS) is 24.8. The van der Waals surface area contributed by atoms with Gasteiger partial charge in [-0.3, -0.25) is 4.79 Å². The lowest BCUT2D eigenvalue weighted by Crippen LogP contribution is -2.48. The third kappa shape index (κ3) is 4.12. The summed E-state index contributed by atoms with van der Waals surface area (Å²) < 4.78 is 23.7. The summed E-state index contributed by atoms with van der Waals surface area (Å²) in [5.74, 6) is 0.491. The number of alkyl halides is 1. The largest absolute Gasteiger partial charge is 0.352 e. The van der Waals surface area contributed by atoms with Gasteiger partial charge in [0.15, 0.2) is 9.84 Å². The van der Waals surface area contributed by atoms with Crippen LogP contribution in [0.15, 0.2) is 0 Å². The SMILES string of the molecule is CC(C)C(CCCl)NC(=O)C1CCCCS1(=O)=O. The van der Waals surface area contributed by atoms with Crippen molar-refractivity contribution in [2.24, 2.45) is 5.92 Å². The summed E-state index contributed by atoms with van der Waals surface area (Å²) in [5.41, 5.74) is 0. The van der Waals surface area contributed by atoms with Gasteiger partial charge in [0, 0.05) is 11.9 Å². The van der Waals surface area contributed by atoms with Crippen LogP contribution in [0.2, 0.25) is 0 Å². The second-order valence-corrected chi connectivity index (χ2v) is 7.87. The number of carbonyl (C=O) groups excluding carboxylic acids is 1. The van der Waals surface area contributed by atoms with Crippen LogP contribution in [-0.4, -0.2) is 37.2 Å². The second kappa shape index (κ2) is 6.75. The fourth-order valence-electron chi connectivity index (χ4n) is 2.21. The molecule has 1 heterocycles. The molecule has 0 aromatic rings. The van der Waals surface area contributed by atoms with Crippen molar-refractivity contribution in [3.05, 3.63) is 0 Å². The van der Waals surface area contributed by atoms with Crippen molar-refractivity contribution in [3.63, 3.8) is 0 Å². The number of carbonyl (C=O) groups is 1. The number of halogens is 1. The van der Waals surface area contributed by atoms with Crippen molar-refractivity contribution < 1.29 is 13.2 Å². The second-order valence-electron chi connectivity index (χ2n) is 5.19. The van der Waals surface area contributed by atoms with Crippen LogP contribution in [0, 0.1) is 5.92 Å². The summed E-state index contributed by atoms with van der Waals surface area (Å²) >= 11 is 5.70. The molecular formula is C12H22ClNO3S. The van der Waals surface area contributed by atoms with E-state index in [1.165, 1.54) is 0 Å². The summed E-state index contributed by atoms with van der Waals surface area (Å²) in [5, 5.41) is 1.98. The van der Waals surface area contributed by atoms with Crippen LogP contribution >= 0.6 is 11.6 Å². The molecule has 1 fully saturated rings. The van der Waals surface area contributed by atoms with Crippen LogP contribution in [0.3, 0.4) is 0 Å². The number of nitrogens with one attached hydrogen (secondary N) is 1. The van der Waals surface area contributed by atoms with Gasteiger partial charge in [-0.1, -0.05) is 20.3 Å². The van der Waals surface area contributed by atoms with E-state index in [1.807, 2.05) is 13.8 Å². The zero-order valence-corrected chi connectivity index (χ0v) is 12.6. The Hall–Kier alpha value is -0.290. The van der Waals surface area contributed by atoms with E-state index in [-0.39, 0.29) is 23.6 Å². The number of rotatable bonds is 5. The van der Waals surface area contributed by atoms with E-state index in [4.69, 9.17) is 11.6 Å². The molecule has 1 aliphatic heterocycles. The molecule has 0 aliphatic carbocycles. The van der Waals surface area contributed by atoms with Crippen LogP contribution in [0.25, 0.3) is 0 Å². The third-order valence-electron chi connectivity index (χ3n) is 3.42. The topological polar surface area (TPSA) is 63.2 Å². The number of hydrogen-bond acceptors (Lipinski definition) is 3. The van der Waals surface area contributed by atoms with E-state index < -0.39 is 15.1 Å². The maximum Gasteiger partial charge on any atom is 0.238 e. The highest BCUT2D eigenvalue weighted by molar-refractivity contribution is 7.92. The van der Waals surface area contributed by atoms with Gasteiger partial charge in [-0.15, -0.1) is 11.6 Å². The highest BCUT2D eigenvalue weighted by Crippen LogP contribution is 2.20. The molecule has 1 N–H and O–H groups in total. The molecule has 1 amide bonds. The molecule has 0 aromatic carbocycles. The van der Waals surface area contributed by atoms with Gasteiger partial charge in [0.1, 0.15) is 5.25 Å². The number of sulfone groups is 1. The summed E-state index contributed by atoms with van der Waals surface area (Å²) in [4.78, 5) is 12.1. The van der Waals surface area contributed by atoms with E-state index >= 15 is 0 Å². The van der Waals surface area contributed by atoms with Gasteiger partial charge in [-0.25, -0.2) is 8.42 Å². The monoisotopic (exact) mass is 295 g/mol. The van der Waals surface area contributed by atoms with Crippen LogP contribution in [0.4, 0.5) is 0 Å². The highest BCUT2D eigenvalue weighted by Gasteiger charge is 2.35. The molecule has 0 bridgehead atoms. The Morgan fingerprint density at radius 2 is 2.06 bits per heavy atom. The Morgan fingerprint density at radius 3 is 2.56 bits per heavy atom. The molecule has 2 unspecified atom stereocenters. The van der Waals surface area contributed by atoms with Gasteiger partial charge in [0.05, 0.1) is 5.75 Å². The van der Waals surface area contributed by atoms with Crippen molar-refractivity contribution in [3.8, 4) is 0 Å². The highest BCUT2D eigenvalue weighted by atomic mass is 35.5. The van der Waals surface area contributed by atoms with Crippen molar-refractivity contribution in [1.82, 2.24) is 5.32 Å². The molecule has 0 saturated carbocycles. The Bertz CT molecular complexity index is 381. The predicted octanol–water partition coefficient (Wildman–Crippen LogP) is 1.72. The predicted molar refractivity (Wildman–Crippen MR) is 73.5 cm³/mol. The number of amides is 1. The van der Waals surface area contributed by atoms with E-state index in [1.54, 1.807) is 0 Å². The van der Waals surface area contributed by atoms with Gasteiger partial charge in [0.25, 0.3) is 0 Å². The molecular weight excluding hydrogens is 274 g/mol. The van der Waals surface area contributed by atoms with Crippen LogP contribution in [0.1, 0.15) is 39.5 Å². The zero-order chi connectivity index (χ0) is 13.8. The minimum Gasteiger partial charge on any atom is -0.352 e. The molecule has 2 atom stereocenters. The van der Waals surface area contributed by atoms with Crippen LogP contribution < -0.4 is 5.32 Å². The number of hydrogen-bond donors (Lipinski definition) is 1. The fraction of sp³-hybridized carbons (Fsp3) is 0.917.